The lowest BCUT2D eigenvalue weighted by molar-refractivity contribution is 0.0118. The van der Waals surface area contributed by atoms with E-state index in [0.29, 0.717) is 30.1 Å². The Morgan fingerprint density at radius 1 is 1.17 bits per heavy atom. The van der Waals surface area contributed by atoms with Crippen molar-refractivity contribution in [3.63, 3.8) is 0 Å². The van der Waals surface area contributed by atoms with Crippen LogP contribution >= 0.6 is 0 Å². The Hall–Kier alpha value is -3.02. The molecule has 6 heteroatoms. The summed E-state index contributed by atoms with van der Waals surface area (Å²) in [6.07, 6.45) is 0.188. The smallest absolute Gasteiger partial charge is 0.407 e. The summed E-state index contributed by atoms with van der Waals surface area (Å²) in [4.78, 5) is 25.0. The minimum absolute atomic E-state index is 0.186. The highest BCUT2D eigenvalue weighted by atomic mass is 16.6. The lowest BCUT2D eigenvalue weighted by Crippen LogP contribution is -2.48. The fourth-order valence-corrected chi connectivity index (χ4v) is 3.56. The third kappa shape index (κ3) is 5.28. The van der Waals surface area contributed by atoms with Crippen LogP contribution in [0.3, 0.4) is 0 Å². The number of hydrogen-bond acceptors (Lipinski definition) is 5. The number of amides is 1. The summed E-state index contributed by atoms with van der Waals surface area (Å²) < 4.78 is 16.3. The van der Waals surface area contributed by atoms with Crippen LogP contribution in [0, 0.1) is 5.92 Å². The Bertz CT molecular complexity index is 850. The number of carbonyl (C=O) groups is 2. The Morgan fingerprint density at radius 3 is 2.62 bits per heavy atom. The van der Waals surface area contributed by atoms with Gasteiger partial charge in [-0.15, -0.1) is 0 Å². The van der Waals surface area contributed by atoms with E-state index in [-0.39, 0.29) is 12.6 Å². The van der Waals surface area contributed by atoms with E-state index in [1.54, 1.807) is 6.07 Å². The molecule has 0 aliphatic carbocycles. The van der Waals surface area contributed by atoms with Gasteiger partial charge in [0.2, 0.25) is 0 Å². The molecular formula is C23H27NO5. The number of carbonyl (C=O) groups excluding carboxylic acids is 2. The molecule has 0 fully saturated rings. The molecule has 6 nitrogen and oxygen atoms in total. The fourth-order valence-electron chi connectivity index (χ4n) is 3.56. The highest BCUT2D eigenvalue weighted by Crippen LogP contribution is 2.30. The molecule has 2 aromatic carbocycles. The van der Waals surface area contributed by atoms with E-state index in [0.717, 1.165) is 11.1 Å². The number of rotatable bonds is 7. The molecule has 0 spiro atoms. The van der Waals surface area contributed by atoms with Crippen molar-refractivity contribution in [3.05, 3.63) is 65.2 Å². The summed E-state index contributed by atoms with van der Waals surface area (Å²) in [5, 5.41) is 2.90. The first-order chi connectivity index (χ1) is 14.0. The Labute approximate surface area is 171 Å². The molecule has 0 bridgehead atoms. The van der Waals surface area contributed by atoms with Gasteiger partial charge in [0.25, 0.3) is 0 Å². The van der Waals surface area contributed by atoms with E-state index in [2.05, 4.69) is 19.2 Å². The average Bonchev–Trinajstić information content (AvgIpc) is 2.71. The molecule has 1 N–H and O–H groups in total. The molecule has 0 unspecified atom stereocenters. The largest absolute Gasteiger partial charge is 0.496 e. The molecular weight excluding hydrogens is 370 g/mol. The molecule has 0 radical (unpaired) electrons. The average molecular weight is 397 g/mol. The van der Waals surface area contributed by atoms with Gasteiger partial charge in [-0.3, -0.25) is 0 Å². The van der Waals surface area contributed by atoms with Gasteiger partial charge in [0.05, 0.1) is 13.2 Å². The standard InChI is InChI=1S/C23H27NO5/c1-15(2)12-18(24-23(26)28-14-16-8-5-4-6-9-16)20-13-17-10-7-11-19(27-3)21(17)22(25)29-20/h4-11,15,18,20H,12-14H2,1-3H3,(H,24,26)/t18-,20-/m0/s1. The van der Waals surface area contributed by atoms with Crippen LogP contribution in [0.1, 0.15) is 41.8 Å². The predicted molar refractivity (Wildman–Crippen MR) is 109 cm³/mol. The van der Waals surface area contributed by atoms with E-state index < -0.39 is 18.2 Å². The number of cyclic esters (lactones) is 1. The lowest BCUT2D eigenvalue weighted by Gasteiger charge is -2.32. The van der Waals surface area contributed by atoms with E-state index in [1.807, 2.05) is 42.5 Å². The van der Waals surface area contributed by atoms with Crippen LogP contribution in [0.5, 0.6) is 5.75 Å². The van der Waals surface area contributed by atoms with Gasteiger partial charge in [-0.1, -0.05) is 56.3 Å². The number of ether oxygens (including phenoxy) is 3. The zero-order valence-electron chi connectivity index (χ0n) is 17.0. The number of hydrogen-bond donors (Lipinski definition) is 1. The number of nitrogens with one attached hydrogen (secondary N) is 1. The summed E-state index contributed by atoms with van der Waals surface area (Å²) >= 11 is 0. The van der Waals surface area contributed by atoms with Crippen LogP contribution in [0.4, 0.5) is 4.79 Å². The molecule has 0 aromatic heterocycles. The molecule has 154 valence electrons. The quantitative estimate of drug-likeness (QED) is 0.712. The van der Waals surface area contributed by atoms with Crippen molar-refractivity contribution in [2.75, 3.05) is 7.11 Å². The maximum absolute atomic E-state index is 12.6. The van der Waals surface area contributed by atoms with Gasteiger partial charge >= 0.3 is 12.1 Å². The molecule has 1 amide bonds. The van der Waals surface area contributed by atoms with Crippen LogP contribution in [-0.2, 0) is 22.5 Å². The number of benzene rings is 2. The minimum atomic E-state index is -0.521. The number of methoxy groups -OCH3 is 1. The second-order valence-electron chi connectivity index (χ2n) is 7.58. The van der Waals surface area contributed by atoms with Gasteiger partial charge in [0.15, 0.2) is 0 Å². The van der Waals surface area contributed by atoms with Crippen LogP contribution < -0.4 is 10.1 Å². The van der Waals surface area contributed by atoms with Crippen molar-refractivity contribution in [2.45, 2.75) is 45.4 Å². The fraction of sp³-hybridized carbons (Fsp3) is 0.391. The summed E-state index contributed by atoms with van der Waals surface area (Å²) in [6.45, 7) is 4.31. The van der Waals surface area contributed by atoms with Gasteiger partial charge in [-0.25, -0.2) is 9.59 Å². The van der Waals surface area contributed by atoms with Gasteiger partial charge in [0, 0.05) is 6.42 Å². The van der Waals surface area contributed by atoms with E-state index in [9.17, 15) is 9.59 Å². The molecule has 0 saturated carbocycles. The first-order valence-electron chi connectivity index (χ1n) is 9.82. The maximum atomic E-state index is 12.6. The second-order valence-corrected chi connectivity index (χ2v) is 7.58. The minimum Gasteiger partial charge on any atom is -0.496 e. The van der Waals surface area contributed by atoms with Gasteiger partial charge in [-0.2, -0.15) is 0 Å². The van der Waals surface area contributed by atoms with Crippen LogP contribution in [0.2, 0.25) is 0 Å². The van der Waals surface area contributed by atoms with Crippen molar-refractivity contribution >= 4 is 12.1 Å². The Morgan fingerprint density at radius 2 is 1.93 bits per heavy atom. The summed E-state index contributed by atoms with van der Waals surface area (Å²) in [7, 11) is 1.53. The van der Waals surface area contributed by atoms with Crippen LogP contribution in [-0.4, -0.2) is 31.3 Å². The molecule has 0 saturated heterocycles. The predicted octanol–water partition coefficient (Wildman–Crippen LogP) is 4.12. The first-order valence-corrected chi connectivity index (χ1v) is 9.82. The molecule has 1 aliphatic heterocycles. The van der Waals surface area contributed by atoms with E-state index in [4.69, 9.17) is 14.2 Å². The lowest BCUT2D eigenvalue weighted by atomic mass is 9.90. The van der Waals surface area contributed by atoms with Crippen molar-refractivity contribution in [3.8, 4) is 5.75 Å². The monoisotopic (exact) mass is 397 g/mol. The van der Waals surface area contributed by atoms with Crippen LogP contribution in [0.15, 0.2) is 48.5 Å². The summed E-state index contributed by atoms with van der Waals surface area (Å²) in [6, 6.07) is 14.6. The summed E-state index contributed by atoms with van der Waals surface area (Å²) in [5.41, 5.74) is 2.23. The molecule has 2 atom stereocenters. The molecule has 2 aromatic rings. The first kappa shape index (κ1) is 20.7. The maximum Gasteiger partial charge on any atom is 0.407 e. The SMILES string of the molecule is COc1cccc2c1C(=O)O[C@H]([C@H](CC(C)C)NC(=O)OCc1ccccc1)C2. The Kier molecular flexibility index (Phi) is 6.75. The normalized spacial score (nSPS) is 16.6. The van der Waals surface area contributed by atoms with Gasteiger partial charge in [0.1, 0.15) is 24.0 Å². The zero-order valence-corrected chi connectivity index (χ0v) is 17.0. The van der Waals surface area contributed by atoms with Crippen molar-refractivity contribution in [2.24, 2.45) is 5.92 Å². The zero-order chi connectivity index (χ0) is 20.8. The summed E-state index contributed by atoms with van der Waals surface area (Å²) in [5.74, 6) is 0.378. The van der Waals surface area contributed by atoms with Crippen molar-refractivity contribution < 1.29 is 23.8 Å². The topological polar surface area (TPSA) is 73.9 Å². The van der Waals surface area contributed by atoms with Crippen LogP contribution in [0.25, 0.3) is 0 Å². The number of fused-ring (bicyclic) bond motifs is 1. The number of alkyl carbamates (subject to hydrolysis) is 1. The van der Waals surface area contributed by atoms with Gasteiger partial charge < -0.3 is 19.5 Å². The van der Waals surface area contributed by atoms with Crippen molar-refractivity contribution in [1.29, 1.82) is 0 Å². The molecule has 1 aliphatic rings. The third-order valence-electron chi connectivity index (χ3n) is 4.91. The number of esters is 1. The molecule has 1 heterocycles. The van der Waals surface area contributed by atoms with E-state index >= 15 is 0 Å². The highest BCUT2D eigenvalue weighted by molar-refractivity contribution is 5.95. The van der Waals surface area contributed by atoms with Gasteiger partial charge in [-0.05, 0) is 29.5 Å². The second kappa shape index (κ2) is 9.45. The third-order valence-corrected chi connectivity index (χ3v) is 4.91. The molecule has 3 rings (SSSR count). The highest BCUT2D eigenvalue weighted by Gasteiger charge is 2.35. The van der Waals surface area contributed by atoms with E-state index in [1.165, 1.54) is 7.11 Å². The van der Waals surface area contributed by atoms with Crippen molar-refractivity contribution in [1.82, 2.24) is 5.32 Å². The molecule has 29 heavy (non-hydrogen) atoms. The Balaban J connectivity index is 1.70.